The number of Topliss-reactive ketones (excluding diaryl/α,β-unsaturated/α-hetero) is 1. The van der Waals surface area contributed by atoms with Gasteiger partial charge in [0.05, 0.1) is 190 Å². The van der Waals surface area contributed by atoms with Crippen molar-refractivity contribution in [1.29, 1.82) is 0 Å². The number of carbonyl (C=O) groups excluding carboxylic acids is 12. The van der Waals surface area contributed by atoms with Crippen LogP contribution in [0.1, 0.15) is 134 Å². The van der Waals surface area contributed by atoms with Gasteiger partial charge in [0, 0.05) is 77.7 Å². The highest BCUT2D eigenvalue weighted by atomic mass is 19.1. The van der Waals surface area contributed by atoms with Crippen LogP contribution < -0.4 is 42.1 Å². The fourth-order valence-electron chi connectivity index (χ4n) is 17.6. The van der Waals surface area contributed by atoms with E-state index in [0.29, 0.717) is 156 Å². The van der Waals surface area contributed by atoms with Crippen molar-refractivity contribution in [3.63, 3.8) is 0 Å². The molecule has 3 saturated carbocycles. The zero-order valence-corrected chi connectivity index (χ0v) is 80.0. The standard InChI is InChI=1S/C97H136F3N9O29/c1-9-12-65(5)104-83(114)26-29-123-31-33-125-35-37-127-39-41-129-43-45-131-47-49-133-51-52-134-50-48-132-46-44-130-42-40-128-38-36-126-34-32-124-30-28-101-84(115)59-102-85(116)60-103-90(120)74-54-72(109-86(117)23-24-87(109)118)21-17-68(74)18-22-82(113)107-88(64(3)4)91(121)105-66(6)89(119)106-71-19-15-67(16-20-71)61-136-93(122)108(10-2)63-135-62-80(112)97-81(137-92(138-97)69-13-11-14-70(98)53-69)57-75-76-56-78(99)77-55-73(110)25-27-94(77,7)96(76,100)79(111)58-95(75,97)8/h11,13-17,19-21,23-25,27,53-55,64-66,75-76,78-79,81,88,92,111H,9-10,12,18,22,26,28-52,56-63H2,1-8H3,(H,101,115)(H,102,116)(H,103,120)(H,104,114)(H,105,121)(H,106,119)(H,107,113)/t65-,66-,75-,76-,78-,79-,81+,88-,92+,94-,95-,96-,97+/m0/s1. The highest BCUT2D eigenvalue weighted by Crippen LogP contribution is 2.73. The molecule has 0 spiro atoms. The fraction of sp³-hybridized carbons (Fsp3) is 0.629. The molecule has 9 rings (SSSR count). The van der Waals surface area contributed by atoms with Crippen LogP contribution in [0.3, 0.4) is 0 Å². The number of aliphatic hydroxyl groups is 1. The molecule has 13 atom stereocenters. The van der Waals surface area contributed by atoms with E-state index in [0.717, 1.165) is 36.0 Å². The first kappa shape index (κ1) is 112. The van der Waals surface area contributed by atoms with Crippen molar-refractivity contribution in [1.82, 2.24) is 36.8 Å². The molecule has 38 nitrogen and oxygen atoms in total. The quantitative estimate of drug-likeness (QED) is 0.0193. The van der Waals surface area contributed by atoms with Gasteiger partial charge in [-0.1, -0.05) is 70.5 Å². The second-order valence-electron chi connectivity index (χ2n) is 34.8. The number of nitrogens with zero attached hydrogens (tertiary/aromatic N) is 2. The SMILES string of the molecule is CCC[C@H](C)NC(=O)CCOCCOCCOCCOCCOCCOCCOCCOCCOCCOCCOCCOCCNC(=O)CNC(=O)CNC(=O)c1cc(N2C(=O)C=CC2=O)ccc1CCC(=O)N[C@H](C(=O)N[C@@H](C)C(=O)Nc1ccc(COC(=O)N(CC)COCC(=O)[C@@]23O[C@H](c4cccc(F)c4)O[C@@H]2C[C@H]2[C@@H]4C[C@H](F)C5=CC(=O)C=C[C@]5(C)[C@@]4(F)[C@@H](O)C[C@@]23C)cc1)C(C)C. The normalized spacial score (nSPS) is 22.4. The highest BCUT2D eigenvalue weighted by molar-refractivity contribution is 6.28. The number of aryl methyl sites for hydroxylation is 1. The summed E-state index contributed by atoms with van der Waals surface area (Å²) in [6.45, 7) is 20.7. The number of halogens is 3. The number of hydrogen-bond donors (Lipinski definition) is 8. The van der Waals surface area contributed by atoms with Crippen LogP contribution in [-0.4, -0.2) is 327 Å². The molecule has 0 unspecified atom stereocenters. The first-order valence-corrected chi connectivity index (χ1v) is 47.2. The summed E-state index contributed by atoms with van der Waals surface area (Å²) < 4.78 is 140. The van der Waals surface area contributed by atoms with E-state index in [9.17, 15) is 62.2 Å². The van der Waals surface area contributed by atoms with E-state index in [-0.39, 0.29) is 105 Å². The third kappa shape index (κ3) is 32.3. The van der Waals surface area contributed by atoms with Crippen LogP contribution in [0, 0.1) is 34.4 Å². The molecular weight excluding hydrogens is 1810 g/mol. The molecule has 4 fully saturated rings. The Morgan fingerprint density at radius 1 is 0.594 bits per heavy atom. The minimum absolute atomic E-state index is 0.00190. The summed E-state index contributed by atoms with van der Waals surface area (Å²) in [5, 5.41) is 30.6. The summed E-state index contributed by atoms with van der Waals surface area (Å²) in [5.41, 5.74) is -6.34. The molecule has 3 aromatic carbocycles. The molecule has 10 amide bonds. The number of allylic oxidation sites excluding steroid dienone is 4. The summed E-state index contributed by atoms with van der Waals surface area (Å²) in [5.74, 6) is -9.65. The number of ether oxygens (including phenoxy) is 16. The third-order valence-electron chi connectivity index (χ3n) is 24.8. The van der Waals surface area contributed by atoms with E-state index in [1.807, 2.05) is 6.92 Å². The van der Waals surface area contributed by atoms with Crippen molar-refractivity contribution in [3.8, 4) is 0 Å². The molecule has 3 aromatic rings. The van der Waals surface area contributed by atoms with E-state index >= 15 is 13.6 Å². The first-order chi connectivity index (χ1) is 66.4. The maximum atomic E-state index is 18.2. The van der Waals surface area contributed by atoms with Gasteiger partial charge in [-0.2, -0.15) is 0 Å². The molecular formula is C97H136F3N9O29. The number of aliphatic hydroxyl groups excluding tert-OH is 1. The van der Waals surface area contributed by atoms with Crippen molar-refractivity contribution < 1.29 is 152 Å². The van der Waals surface area contributed by atoms with E-state index in [2.05, 4.69) is 44.1 Å². The summed E-state index contributed by atoms with van der Waals surface area (Å²) in [7, 11) is 0. The van der Waals surface area contributed by atoms with E-state index < -0.39 is 180 Å². The average molecular weight is 1950 g/mol. The smallest absolute Gasteiger partial charge is 0.411 e. The van der Waals surface area contributed by atoms with Gasteiger partial charge in [0.2, 0.25) is 35.4 Å². The first-order valence-electron chi connectivity index (χ1n) is 47.2. The number of hydrogen-bond acceptors (Lipinski definition) is 29. The number of rotatable bonds is 66. The van der Waals surface area contributed by atoms with Crippen LogP contribution in [0.5, 0.6) is 0 Å². The van der Waals surface area contributed by atoms with Crippen molar-refractivity contribution in [2.75, 3.05) is 208 Å². The molecule has 138 heavy (non-hydrogen) atoms. The Hall–Kier alpha value is -9.93. The lowest BCUT2D eigenvalue weighted by Crippen LogP contribution is -2.70. The molecule has 0 aromatic heterocycles. The van der Waals surface area contributed by atoms with Crippen molar-refractivity contribution in [2.24, 2.45) is 28.6 Å². The van der Waals surface area contributed by atoms with Crippen molar-refractivity contribution in [3.05, 3.63) is 131 Å². The topological polar surface area (TPSA) is 463 Å². The Balaban J connectivity index is 0.583. The Labute approximate surface area is 802 Å². The number of fused-ring (bicyclic) bond motifs is 7. The highest BCUT2D eigenvalue weighted by Gasteiger charge is 2.80. The van der Waals surface area contributed by atoms with Crippen molar-refractivity contribution >= 4 is 82.2 Å². The second-order valence-corrected chi connectivity index (χ2v) is 34.8. The summed E-state index contributed by atoms with van der Waals surface area (Å²) in [4.78, 5) is 161. The molecule has 6 aliphatic rings. The molecule has 2 heterocycles. The van der Waals surface area contributed by atoms with Gasteiger partial charge in [0.1, 0.15) is 44.0 Å². The lowest BCUT2D eigenvalue weighted by molar-refractivity contribution is -0.235. The molecule has 1 saturated heterocycles. The number of anilines is 2. The minimum atomic E-state index is -2.47. The predicted octanol–water partition coefficient (Wildman–Crippen LogP) is 5.61. The number of imide groups is 1. The van der Waals surface area contributed by atoms with E-state index in [1.165, 1.54) is 79.4 Å². The minimum Gasteiger partial charge on any atom is -0.444 e. The maximum Gasteiger partial charge on any atom is 0.411 e. The largest absolute Gasteiger partial charge is 0.444 e. The van der Waals surface area contributed by atoms with Gasteiger partial charge < -0.3 is 118 Å². The zero-order chi connectivity index (χ0) is 99.6. The number of nitrogens with one attached hydrogen (secondary N) is 7. The van der Waals surface area contributed by atoms with Gasteiger partial charge in [-0.3, -0.25) is 57.6 Å². The summed E-state index contributed by atoms with van der Waals surface area (Å²) in [6.07, 6.45) is 0.143. The van der Waals surface area contributed by atoms with Gasteiger partial charge in [-0.05, 0) is 137 Å². The van der Waals surface area contributed by atoms with Crippen LogP contribution in [0.25, 0.3) is 0 Å². The number of ketones is 2. The van der Waals surface area contributed by atoms with Gasteiger partial charge in [0.15, 0.2) is 29.1 Å². The molecule has 8 N–H and O–H groups in total. The Bertz CT molecular complexity index is 4570. The van der Waals surface area contributed by atoms with E-state index in [1.54, 1.807) is 45.9 Å². The van der Waals surface area contributed by atoms with Crippen LogP contribution in [-0.2, 0) is 137 Å². The van der Waals surface area contributed by atoms with Crippen molar-refractivity contribution in [2.45, 2.75) is 167 Å². The molecule has 0 radical (unpaired) electrons. The van der Waals surface area contributed by atoms with Crippen LogP contribution in [0.4, 0.5) is 29.3 Å². The lowest BCUT2D eigenvalue weighted by atomic mass is 9.44. The van der Waals surface area contributed by atoms with Gasteiger partial charge >= 0.3 is 6.09 Å². The van der Waals surface area contributed by atoms with Gasteiger partial charge in [0.25, 0.3) is 17.7 Å². The average Bonchev–Trinajstić information content (AvgIpc) is 1.52. The third-order valence-corrected chi connectivity index (χ3v) is 24.8. The van der Waals surface area contributed by atoms with Crippen LogP contribution in [0.2, 0.25) is 0 Å². The van der Waals surface area contributed by atoms with Gasteiger partial charge in [-0.25, -0.2) is 22.9 Å². The zero-order valence-electron chi connectivity index (χ0n) is 80.0. The molecule has 2 aliphatic heterocycles. The number of amides is 10. The fourth-order valence-corrected chi connectivity index (χ4v) is 17.6. The number of benzene rings is 3. The lowest BCUT2D eigenvalue weighted by Gasteiger charge is -2.63. The number of carbonyl (C=O) groups is 12. The van der Waals surface area contributed by atoms with Crippen LogP contribution in [0.15, 0.2) is 103 Å². The summed E-state index contributed by atoms with van der Waals surface area (Å²) in [6, 6.07) is 13.6. The monoisotopic (exact) mass is 1950 g/mol. The molecule has 4 aliphatic carbocycles. The Kier molecular flexibility index (Phi) is 46.2. The van der Waals surface area contributed by atoms with Crippen LogP contribution >= 0.6 is 0 Å². The second kappa shape index (κ2) is 57.1. The Morgan fingerprint density at radius 2 is 1.14 bits per heavy atom. The van der Waals surface area contributed by atoms with Gasteiger partial charge in [-0.15, -0.1) is 0 Å². The molecule has 41 heteroatoms. The maximum absolute atomic E-state index is 18.2. The van der Waals surface area contributed by atoms with E-state index in [4.69, 9.17) is 75.8 Å². The molecule has 764 valence electrons. The summed E-state index contributed by atoms with van der Waals surface area (Å²) >= 11 is 0. The number of alkyl halides is 2. The molecule has 0 bridgehead atoms. The predicted molar refractivity (Wildman–Crippen MR) is 491 cm³/mol. The Morgan fingerprint density at radius 3 is 1.69 bits per heavy atom.